The third kappa shape index (κ3) is 28.7. The average molecular weight is 2140 g/mol. The van der Waals surface area contributed by atoms with E-state index in [1.807, 2.05) is 36.4 Å². The Morgan fingerprint density at radius 1 is 0.482 bits per heavy atom. The Labute approximate surface area is 877 Å². The minimum atomic E-state index is -1.92. The zero-order valence-corrected chi connectivity index (χ0v) is 94.7. The van der Waals surface area contributed by atoms with Gasteiger partial charge in [-0.1, -0.05) is 197 Å². The van der Waals surface area contributed by atoms with Crippen LogP contribution in [0.4, 0.5) is 0 Å². The number of unbranched alkanes of at least 4 members (excludes halogenated alkanes) is 1. The molecule has 16 fully saturated rings. The van der Waals surface area contributed by atoms with E-state index in [4.69, 9.17) is 94.9 Å². The molecule has 0 amide bonds. The Bertz CT molecular complexity index is 4130. The van der Waals surface area contributed by atoms with Gasteiger partial charge >= 0.3 is 35.0 Å². The maximum atomic E-state index is 14.5. The van der Waals surface area contributed by atoms with Gasteiger partial charge < -0.3 is 100.0 Å². The summed E-state index contributed by atoms with van der Waals surface area (Å²) >= 11 is 6.99. The monoisotopic (exact) mass is 2140 g/mol. The first-order valence-corrected chi connectivity index (χ1v) is 60.4. The third-order valence-electron chi connectivity index (χ3n) is 34.1. The number of esters is 2. The van der Waals surface area contributed by atoms with E-state index in [0.29, 0.717) is 144 Å². The number of rotatable bonds is 42. The molecule has 788 valence electrons. The number of ether oxygens (including phenoxy) is 16. The Kier molecular flexibility index (Phi) is 42.2. The number of carbonyl (C=O) groups is 4. The molecule has 25 nitrogen and oxygen atoms in total. The summed E-state index contributed by atoms with van der Waals surface area (Å²) in [7, 11) is -2.32. The van der Waals surface area contributed by atoms with Gasteiger partial charge in [0.15, 0.2) is 28.2 Å². The van der Waals surface area contributed by atoms with Gasteiger partial charge in [-0.25, -0.2) is 9.59 Å². The minimum Gasteiger partial charge on any atom is -0.857 e. The van der Waals surface area contributed by atoms with Crippen molar-refractivity contribution in [3.8, 4) is 0 Å². The number of halogens is 2. The number of aliphatic hydroxyl groups is 1. The van der Waals surface area contributed by atoms with Crippen molar-refractivity contribution in [2.45, 2.75) is 470 Å². The summed E-state index contributed by atoms with van der Waals surface area (Å²) in [5, 5.41) is 26.4. The van der Waals surface area contributed by atoms with Crippen LogP contribution < -0.4 is 10.2 Å². The summed E-state index contributed by atoms with van der Waals surface area (Å²) in [6.07, 6.45) is 12.5. The summed E-state index contributed by atoms with van der Waals surface area (Å²) in [5.74, 6) is -0.578. The summed E-state index contributed by atoms with van der Waals surface area (Å²) in [6.45, 7) is 57.4. The molecule has 141 heavy (non-hydrogen) atoms. The van der Waals surface area contributed by atoms with E-state index in [2.05, 4.69) is 174 Å². The molecule has 2 aromatic rings. The topological polar surface area (TPSA) is 301 Å². The first-order chi connectivity index (χ1) is 66.4. The molecule has 0 spiro atoms. The first kappa shape index (κ1) is 117. The van der Waals surface area contributed by atoms with Crippen LogP contribution in [0.3, 0.4) is 0 Å². The number of carbonyl (C=O) groups excluding carboxylic acids is 4. The molecule has 2 aromatic carbocycles. The van der Waals surface area contributed by atoms with Crippen LogP contribution in [0.15, 0.2) is 107 Å². The van der Waals surface area contributed by atoms with E-state index in [1.165, 1.54) is 0 Å². The van der Waals surface area contributed by atoms with E-state index in [9.17, 15) is 24.3 Å². The molecule has 30 heteroatoms. The van der Waals surface area contributed by atoms with Crippen molar-refractivity contribution in [2.24, 2.45) is 47.3 Å². The van der Waals surface area contributed by atoms with Crippen LogP contribution >= 0.6 is 31.9 Å². The maximum Gasteiger partial charge on any atom is 2.00 e. The van der Waals surface area contributed by atoms with Gasteiger partial charge in [0.2, 0.25) is 0 Å². The molecule has 0 aromatic heterocycles. The van der Waals surface area contributed by atoms with Crippen LogP contribution in [-0.4, -0.2) is 273 Å². The molecule has 36 atom stereocenters. The van der Waals surface area contributed by atoms with Crippen molar-refractivity contribution >= 4 is 95.1 Å². The molecule has 0 radical (unpaired) electrons. The molecule has 16 aliphatic heterocycles. The molecule has 0 saturated carbocycles. The van der Waals surface area contributed by atoms with Gasteiger partial charge in [-0.2, -0.15) is 14.2 Å². The first-order valence-electron chi connectivity index (χ1n) is 53.0. The quantitative estimate of drug-likeness (QED) is 0.0367. The maximum absolute atomic E-state index is 14.5. The number of Topliss-reactive ketones (excluding diaryl/α,β-unsaturated/α-hetero) is 2. The van der Waals surface area contributed by atoms with Gasteiger partial charge in [0.05, 0.1) is 96.6 Å². The Hall–Kier alpha value is -2.92. The Morgan fingerprint density at radius 2 is 0.844 bits per heavy atom. The van der Waals surface area contributed by atoms with Crippen LogP contribution in [0.25, 0.3) is 0 Å². The average Bonchev–Trinajstić information content (AvgIpc) is 1.55. The number of hydrogen-bond acceptors (Lipinski definition) is 25. The van der Waals surface area contributed by atoms with Crippen molar-refractivity contribution in [1.82, 2.24) is 0 Å². The van der Waals surface area contributed by atoms with Crippen molar-refractivity contribution in [3.05, 3.63) is 118 Å². The molecule has 8 unspecified atom stereocenters. The number of benzene rings is 2. The molecule has 12 bridgehead atoms. The van der Waals surface area contributed by atoms with E-state index >= 15 is 0 Å². The zero-order valence-electron chi connectivity index (χ0n) is 88.2. The minimum absolute atomic E-state index is 0. The molecule has 16 aliphatic rings. The molecule has 16 saturated heterocycles. The molecule has 18 rings (SSSR count). The summed E-state index contributed by atoms with van der Waals surface area (Å²) in [4.78, 5) is 55.2. The molecular weight excluding hydrogens is 1970 g/mol. The molecular formula is C111H170Br2MgO25Si2. The second kappa shape index (κ2) is 51.0. The largest absolute Gasteiger partial charge is 2.00 e. The smallest absolute Gasteiger partial charge is 0.857 e. The van der Waals surface area contributed by atoms with E-state index in [0.717, 1.165) is 111 Å². The van der Waals surface area contributed by atoms with Gasteiger partial charge in [0, 0.05) is 96.9 Å². The fourth-order valence-electron chi connectivity index (χ4n) is 24.0. The second-order valence-electron chi connectivity index (χ2n) is 46.6. The SMILES string of the molecule is C=C(Br)C[C@@H](CC[C@@]12CC3O[C@H]4C(O1)[C@H]1O[C@@H](CC(=O)CC5[C@H](CC6O[C@@H](CCCC)C[C@@H](C)C6=C)O[C@H](C[C@H](C)CO[Si](C)(C)C(C)(C)C)[C@@H]5C)CC[C@@H]1O[C@H]4[C@H]3O2)OC(=O)c1ccccc1.C=C(Br)C[C@@H](CC[C@@]12CC3O[C@H]4C(O1)[C@H]1O[C@@H](CC(=O)CC5[C@H](CC6O[C@@H](CCCO)C[C@@H](C)C6=C)O[C@H](C[C@H](C)CO[Si](C)(C)C(C)(C)C)[C@@H]5C)CC[C@@H]1O[C@H]4[C@H]3O2)OC(=O)c1ccccc1.C[O-].C[O-].[Mg+2]. The van der Waals surface area contributed by atoms with E-state index < -0.39 is 64.8 Å². The summed E-state index contributed by atoms with van der Waals surface area (Å²) in [5.41, 5.74) is 3.24. The fraction of sp³-hybridized carbons (Fsp3) is 0.784. The second-order valence-corrected chi connectivity index (χ2v) is 58.5. The van der Waals surface area contributed by atoms with Gasteiger partial charge in [0.1, 0.15) is 84.8 Å². The molecule has 1 N–H and O–H groups in total. The van der Waals surface area contributed by atoms with Crippen molar-refractivity contribution in [2.75, 3.05) is 34.0 Å². The number of hydrogen-bond donors (Lipinski definition) is 1. The zero-order chi connectivity index (χ0) is 101. The number of ketones is 2. The van der Waals surface area contributed by atoms with Gasteiger partial charge in [-0.15, -0.1) is 0 Å². The number of aliphatic hydroxyl groups excluding tert-OH is 1. The number of fused-ring (bicyclic) bond motifs is 2. The molecule has 16 heterocycles. The van der Waals surface area contributed by atoms with Crippen molar-refractivity contribution < 1.29 is 119 Å². The van der Waals surface area contributed by atoms with Crippen LogP contribution in [-0.2, 0) is 94.2 Å². The standard InChI is InChI=1S/C55H83BrO11Si.C54H81BrO12Si.2CH3O.Mg/c1-12-13-19-39-25-33(3)35(5)45(60-39)29-46-42(36(6)44(63-46)24-32(2)31-59-68(10,11)54(7,8)9)28-38(57)27-40-20-21-43-48(61-40)52-51-50(64-43)49-47(65-51)30-55(66-49,67-52)23-22-41(26-34(4)56)62-53(58)37-17-15-14-16-18-37;1-31(30-59-68(9,10)53(6,7)8)23-43-35(5)41(45(63-43)28-44-34(4)32(2)24-38(60-44)17-14-22-56)27-37(57)26-39-18-19-42-47(61-39)51-50-49(64-42)48-46(65-50)29-54(66-48,67-51)21-20-40(25-33(3)55)62-52(58)36-15-12-11-13-16-36;2*1-2;/h14-18,32-33,36,39-52H,4-5,12-13,19-31H2,1-3,6-11H3;11-13,15-16,31-32,35,38-51,56H,3-4,14,17-30H2,1-2,5-10H3;2*1H3;/q;;2*-1;+2/t32-,33+,36+,39-,40+,41+,42?,43-,44+,45?,46-,47?,48-,49-,50-,51+,52?,55-;31-,32+,35+,38-,39+,40+,41?,42-,43+,44?,45-,46?,47-,48-,49-,50+,51?,54-;;;/m00.../s1. The Morgan fingerprint density at radius 3 is 1.21 bits per heavy atom. The summed E-state index contributed by atoms with van der Waals surface area (Å²) < 4.78 is 123. The van der Waals surface area contributed by atoms with Gasteiger partial charge in [0.25, 0.3) is 0 Å². The molecule has 0 aliphatic carbocycles. The normalized spacial score (nSPS) is 37.2. The van der Waals surface area contributed by atoms with Gasteiger partial charge in [-0.05, 0) is 211 Å². The van der Waals surface area contributed by atoms with Crippen molar-refractivity contribution in [1.29, 1.82) is 0 Å². The predicted molar refractivity (Wildman–Crippen MR) is 551 cm³/mol. The van der Waals surface area contributed by atoms with E-state index in [-0.39, 0.29) is 209 Å². The van der Waals surface area contributed by atoms with Crippen LogP contribution in [0.5, 0.6) is 0 Å². The van der Waals surface area contributed by atoms with Crippen LogP contribution in [0.2, 0.25) is 36.3 Å². The third-order valence-corrected chi connectivity index (χ3v) is 43.7. The fourth-order valence-corrected chi connectivity index (χ4v) is 27.0. The van der Waals surface area contributed by atoms with E-state index in [1.54, 1.807) is 24.3 Å². The predicted octanol–water partition coefficient (Wildman–Crippen LogP) is 19.4. The summed E-state index contributed by atoms with van der Waals surface area (Å²) in [6, 6.07) is 18.1. The van der Waals surface area contributed by atoms with Gasteiger partial charge in [-0.3, -0.25) is 9.59 Å². The van der Waals surface area contributed by atoms with Crippen LogP contribution in [0, 0.1) is 47.3 Å². The Balaban J connectivity index is 0.000000242. The van der Waals surface area contributed by atoms with Crippen molar-refractivity contribution in [3.63, 3.8) is 0 Å². The van der Waals surface area contributed by atoms with Crippen LogP contribution in [0.1, 0.15) is 284 Å².